The highest BCUT2D eigenvalue weighted by atomic mass is 16.5. The molecule has 0 aliphatic carbocycles. The summed E-state index contributed by atoms with van der Waals surface area (Å²) in [5.74, 6) is -2.45. The Kier molecular flexibility index (Phi) is 13.5. The molecule has 3 heterocycles. The van der Waals surface area contributed by atoms with E-state index in [1.807, 2.05) is 14.1 Å². The van der Waals surface area contributed by atoms with Gasteiger partial charge in [-0.15, -0.1) is 0 Å². The lowest BCUT2D eigenvalue weighted by atomic mass is 10.1. The molecule has 0 bridgehead atoms. The highest BCUT2D eigenvalue weighted by Gasteiger charge is 2.24. The molecule has 5 aromatic rings. The Morgan fingerprint density at radius 3 is 2.27 bits per heavy atom. The normalized spacial score (nSPS) is 12.4. The summed E-state index contributed by atoms with van der Waals surface area (Å²) in [6, 6.07) is 17.3. The van der Waals surface area contributed by atoms with Gasteiger partial charge in [0.15, 0.2) is 5.82 Å². The number of nitrogens with one attached hydrogen (secondary N) is 3. The minimum absolute atomic E-state index is 0.0277. The number of carbonyl (C=O) groups excluding carboxylic acids is 5. The first kappa shape index (κ1) is 42.5. The Morgan fingerprint density at radius 1 is 0.850 bits per heavy atom. The number of imidazole rings is 1. The van der Waals surface area contributed by atoms with Gasteiger partial charge in [-0.3, -0.25) is 29.4 Å². The fourth-order valence-electron chi connectivity index (χ4n) is 6.69. The average Bonchev–Trinajstić information content (AvgIpc) is 3.74. The maximum atomic E-state index is 13.4. The van der Waals surface area contributed by atoms with Gasteiger partial charge in [-0.1, -0.05) is 43.7 Å². The van der Waals surface area contributed by atoms with Crippen LogP contribution in [0, 0.1) is 0 Å². The maximum absolute atomic E-state index is 13.4. The highest BCUT2D eigenvalue weighted by Crippen LogP contribution is 2.33. The van der Waals surface area contributed by atoms with Crippen LogP contribution in [0.4, 0.5) is 16.3 Å². The second-order valence-electron chi connectivity index (χ2n) is 14.6. The number of fused-ring (bicyclic) bond motifs is 3. The predicted molar refractivity (Wildman–Crippen MR) is 222 cm³/mol. The lowest BCUT2D eigenvalue weighted by Gasteiger charge is -2.14. The number of phenolic OH excluding ortho intramolecular Hbond substituents is 1. The Balaban J connectivity index is 1.15. The summed E-state index contributed by atoms with van der Waals surface area (Å²) in [4.78, 5) is 86.1. The van der Waals surface area contributed by atoms with Crippen molar-refractivity contribution in [2.75, 3.05) is 37.8 Å². The smallest absolute Gasteiger partial charge is 0.413 e. The Bertz CT molecular complexity index is 2480. The van der Waals surface area contributed by atoms with E-state index >= 15 is 0 Å². The lowest BCUT2D eigenvalue weighted by Crippen LogP contribution is -2.35. The molecular weight excluding hydrogens is 773 g/mol. The largest absolute Gasteiger partial charge is 0.506 e. The van der Waals surface area contributed by atoms with Crippen molar-refractivity contribution in [3.8, 4) is 5.75 Å². The van der Waals surface area contributed by atoms with Crippen molar-refractivity contribution in [1.82, 2.24) is 29.7 Å². The molecule has 1 aliphatic heterocycles. The zero-order valence-corrected chi connectivity index (χ0v) is 33.5. The molecule has 0 atom stereocenters. The number of unbranched alkanes of at least 4 members (excludes halogenated alkanes) is 1. The van der Waals surface area contributed by atoms with E-state index in [0.717, 1.165) is 47.8 Å². The van der Waals surface area contributed by atoms with E-state index in [0.29, 0.717) is 40.5 Å². The molecule has 60 heavy (non-hydrogen) atoms. The van der Waals surface area contributed by atoms with Crippen molar-refractivity contribution in [2.45, 2.75) is 58.7 Å². The van der Waals surface area contributed by atoms with Crippen molar-refractivity contribution in [1.29, 1.82) is 0 Å². The van der Waals surface area contributed by atoms with Gasteiger partial charge in [0, 0.05) is 63.0 Å². The molecule has 0 radical (unpaired) electrons. The lowest BCUT2D eigenvalue weighted by molar-refractivity contribution is -0.137. The summed E-state index contributed by atoms with van der Waals surface area (Å²) < 4.78 is 7.63. The van der Waals surface area contributed by atoms with Gasteiger partial charge in [0.25, 0.3) is 11.8 Å². The summed E-state index contributed by atoms with van der Waals surface area (Å²) in [7, 11) is 4.02. The van der Waals surface area contributed by atoms with E-state index in [4.69, 9.17) is 9.72 Å². The van der Waals surface area contributed by atoms with Crippen molar-refractivity contribution < 1.29 is 43.7 Å². The average molecular weight is 819 g/mol. The van der Waals surface area contributed by atoms with Gasteiger partial charge in [0.05, 0.1) is 22.3 Å². The summed E-state index contributed by atoms with van der Waals surface area (Å²) in [5, 5.41) is 28.7. The zero-order chi connectivity index (χ0) is 42.9. The number of amides is 5. The number of carboxylic acids is 1. The third kappa shape index (κ3) is 10.5. The van der Waals surface area contributed by atoms with E-state index in [-0.39, 0.29) is 55.4 Å². The number of aromatic hydroxyl groups is 1. The monoisotopic (exact) mass is 818 g/mol. The van der Waals surface area contributed by atoms with Crippen LogP contribution in [0.2, 0.25) is 0 Å². The second kappa shape index (κ2) is 19.1. The maximum Gasteiger partial charge on any atom is 0.413 e. The number of carboxylic acid groups (broad SMARTS) is 1. The van der Waals surface area contributed by atoms with Crippen molar-refractivity contribution in [3.63, 3.8) is 0 Å². The number of nitrogens with zero attached hydrogens (tertiary/aromatic N) is 5. The molecule has 0 fully saturated rings. The molecule has 17 nitrogen and oxygen atoms in total. The van der Waals surface area contributed by atoms with Gasteiger partial charge in [-0.25, -0.2) is 19.6 Å². The summed E-state index contributed by atoms with van der Waals surface area (Å²) in [6.45, 7) is 2.97. The van der Waals surface area contributed by atoms with E-state index in [1.165, 1.54) is 35.9 Å². The van der Waals surface area contributed by atoms with Crippen LogP contribution in [0.15, 0.2) is 72.8 Å². The number of aryl methyl sites for hydroxylation is 1. The standard InChI is InChI=1S/C43H46N8O9/c1-4-5-6-34-47-39-40(51(34)24-27-9-7-26(8-10-27)23-49(2)3)30-13-12-29(42(57)58)22-31(30)46-41(39)48-43(59)60-25-28-11-14-33(52)32(21-28)45-36(54)17-19-44-35(53)18-20-50-37(55)15-16-38(50)56/h7-16,21-22,52H,4-6,17-20,23-25H2,1-3H3,(H,44,53)(H,45,54)(H,57,58)(H,46,48,59). The van der Waals surface area contributed by atoms with E-state index in [1.54, 1.807) is 6.07 Å². The quantitative estimate of drug-likeness (QED) is 0.0585. The SMILES string of the molecule is CCCCc1nc2c(NC(=O)OCc3ccc(O)c(NC(=O)CCNC(=O)CCN4C(=O)C=CC4=O)c3)nc3cc(C(=O)O)ccc3c2n1Cc1ccc(CN(C)C)cc1. The van der Waals surface area contributed by atoms with Gasteiger partial charge in [0.2, 0.25) is 11.8 Å². The number of imide groups is 1. The number of benzene rings is 3. The van der Waals surface area contributed by atoms with Crippen molar-refractivity contribution >= 4 is 69.1 Å². The fourth-order valence-corrected chi connectivity index (χ4v) is 6.69. The van der Waals surface area contributed by atoms with Crippen LogP contribution in [0.25, 0.3) is 21.9 Å². The van der Waals surface area contributed by atoms with Crippen molar-refractivity contribution in [2.24, 2.45) is 0 Å². The molecule has 312 valence electrons. The highest BCUT2D eigenvalue weighted by molar-refractivity contribution is 6.13. The van der Waals surface area contributed by atoms with E-state index < -0.39 is 35.7 Å². The third-order valence-electron chi connectivity index (χ3n) is 9.68. The molecule has 6 rings (SSSR count). The molecule has 3 aromatic carbocycles. The number of carbonyl (C=O) groups is 6. The summed E-state index contributed by atoms with van der Waals surface area (Å²) in [5.41, 5.74) is 4.15. The Morgan fingerprint density at radius 2 is 1.57 bits per heavy atom. The minimum atomic E-state index is -1.13. The van der Waals surface area contributed by atoms with E-state index in [9.17, 15) is 39.0 Å². The number of hydrogen-bond donors (Lipinski definition) is 5. The second-order valence-corrected chi connectivity index (χ2v) is 14.6. The predicted octanol–water partition coefficient (Wildman–Crippen LogP) is 4.95. The number of hydrogen-bond acceptors (Lipinski definition) is 11. The summed E-state index contributed by atoms with van der Waals surface area (Å²) >= 11 is 0. The summed E-state index contributed by atoms with van der Waals surface area (Å²) in [6.07, 6.45) is 3.56. The zero-order valence-electron chi connectivity index (χ0n) is 33.5. The van der Waals surface area contributed by atoms with Crippen LogP contribution >= 0.6 is 0 Å². The van der Waals surface area contributed by atoms with Crippen LogP contribution in [-0.2, 0) is 50.0 Å². The number of anilines is 2. The molecule has 0 unspecified atom stereocenters. The molecule has 0 saturated carbocycles. The van der Waals surface area contributed by atoms with Gasteiger partial charge >= 0.3 is 12.1 Å². The molecule has 5 amide bonds. The van der Waals surface area contributed by atoms with Crippen molar-refractivity contribution in [3.05, 3.63) is 101 Å². The first-order valence-corrected chi connectivity index (χ1v) is 19.4. The third-order valence-corrected chi connectivity index (χ3v) is 9.68. The topological polar surface area (TPSA) is 225 Å². The molecule has 1 aliphatic rings. The Hall–Kier alpha value is -7.14. The number of aromatic carboxylic acids is 1. The molecular formula is C43H46N8O9. The molecule has 0 spiro atoms. The molecule has 5 N–H and O–H groups in total. The number of aromatic nitrogens is 3. The van der Waals surface area contributed by atoms with Crippen LogP contribution in [0.3, 0.4) is 0 Å². The number of ether oxygens (including phenoxy) is 1. The number of rotatable bonds is 18. The van der Waals surface area contributed by atoms with E-state index in [2.05, 4.69) is 61.6 Å². The van der Waals surface area contributed by atoms with Crippen LogP contribution in [0.5, 0.6) is 5.75 Å². The van der Waals surface area contributed by atoms with Crippen LogP contribution < -0.4 is 16.0 Å². The molecule has 2 aromatic heterocycles. The van der Waals surface area contributed by atoms with Gasteiger partial charge in [0.1, 0.15) is 23.7 Å². The molecule has 0 saturated heterocycles. The fraction of sp³-hybridized carbons (Fsp3) is 0.302. The van der Waals surface area contributed by atoms with Crippen LogP contribution in [-0.4, -0.2) is 97.4 Å². The van der Waals surface area contributed by atoms with Crippen LogP contribution in [0.1, 0.15) is 65.5 Å². The first-order valence-electron chi connectivity index (χ1n) is 19.4. The Labute approximate surface area is 345 Å². The number of pyridine rings is 1. The van der Waals surface area contributed by atoms with Gasteiger partial charge in [-0.05, 0) is 67.5 Å². The minimum Gasteiger partial charge on any atom is -0.506 e. The first-order chi connectivity index (χ1) is 28.8. The van der Waals surface area contributed by atoms with Gasteiger partial charge < -0.3 is 35.1 Å². The molecule has 17 heteroatoms. The number of phenols is 1. The van der Waals surface area contributed by atoms with Gasteiger partial charge in [-0.2, -0.15) is 0 Å².